The van der Waals surface area contributed by atoms with Gasteiger partial charge in [0.05, 0.1) is 0 Å². The lowest BCUT2D eigenvalue weighted by Gasteiger charge is -2.32. The van der Waals surface area contributed by atoms with Crippen LogP contribution in [-0.2, 0) is 4.79 Å². The van der Waals surface area contributed by atoms with Crippen LogP contribution in [0, 0.1) is 6.92 Å². The van der Waals surface area contributed by atoms with Crippen molar-refractivity contribution in [3.63, 3.8) is 0 Å². The lowest BCUT2D eigenvalue weighted by atomic mass is 10.0. The molecule has 0 saturated carbocycles. The van der Waals surface area contributed by atoms with Gasteiger partial charge < -0.3 is 10.8 Å². The van der Waals surface area contributed by atoms with Gasteiger partial charge in [0, 0.05) is 6.20 Å². The first-order valence-electron chi connectivity index (χ1n) is 5.59. The van der Waals surface area contributed by atoms with Gasteiger partial charge >= 0.3 is 29.9 Å². The van der Waals surface area contributed by atoms with Gasteiger partial charge in [-0.2, -0.15) is 39.5 Å². The van der Waals surface area contributed by atoms with E-state index in [-0.39, 0.29) is 5.48 Å². The summed E-state index contributed by atoms with van der Waals surface area (Å²) in [6, 6.07) is 2.23. The van der Waals surface area contributed by atoms with Crippen LogP contribution in [0.3, 0.4) is 0 Å². The summed E-state index contributed by atoms with van der Waals surface area (Å²) in [6.07, 6.45) is -6.02. The Labute approximate surface area is 128 Å². The number of alkyl halides is 9. The van der Waals surface area contributed by atoms with E-state index in [1.54, 1.807) is 0 Å². The summed E-state index contributed by atoms with van der Waals surface area (Å²) in [6.45, 7) is 1.39. The molecule has 3 N–H and O–H groups in total. The Morgan fingerprint density at radius 2 is 1.50 bits per heavy atom. The molecule has 0 atom stereocenters. The number of aryl methyl sites for hydroxylation is 1. The smallest absolute Gasteiger partial charge is 0.412 e. The van der Waals surface area contributed by atoms with Crippen molar-refractivity contribution in [2.45, 2.75) is 30.9 Å². The minimum atomic E-state index is -7.12. The molecule has 0 bridgehead atoms. The van der Waals surface area contributed by atoms with Crippen LogP contribution in [0.25, 0.3) is 0 Å². The van der Waals surface area contributed by atoms with Crippen LogP contribution in [0.5, 0.6) is 0 Å². The first kappa shape index (κ1) is 21.9. The van der Waals surface area contributed by atoms with Gasteiger partial charge in [-0.3, -0.25) is 4.79 Å². The van der Waals surface area contributed by atoms with E-state index >= 15 is 0 Å². The molecule has 13 heteroatoms. The standard InChI is InChI=1S/C11H7F9N2O.H2O/c1-5-2-3-21-6(4-5)22-7(23)8(12,13)9(14,15)10(16,17)11(18,19)20;/h2-4H,1H3,(H,21,22,23);1H2. The molecular weight excluding hydrogens is 363 g/mol. The molecule has 0 unspecified atom stereocenters. The lowest BCUT2D eigenvalue weighted by Crippen LogP contribution is -2.64. The fourth-order valence-electron chi connectivity index (χ4n) is 1.32. The number of carbonyl (C=O) groups excluding carboxylic acids is 1. The molecule has 0 radical (unpaired) electrons. The molecule has 0 saturated heterocycles. The fourth-order valence-corrected chi connectivity index (χ4v) is 1.32. The summed E-state index contributed by atoms with van der Waals surface area (Å²) in [5.41, 5.74) is 0.325. The van der Waals surface area contributed by atoms with Crippen LogP contribution in [0.1, 0.15) is 5.56 Å². The van der Waals surface area contributed by atoms with Gasteiger partial charge in [0.2, 0.25) is 0 Å². The number of carbonyl (C=O) groups is 1. The van der Waals surface area contributed by atoms with Gasteiger partial charge in [0.1, 0.15) is 5.82 Å². The van der Waals surface area contributed by atoms with Crippen molar-refractivity contribution in [1.82, 2.24) is 4.98 Å². The average Bonchev–Trinajstić information content (AvgIpc) is 2.36. The van der Waals surface area contributed by atoms with Crippen molar-refractivity contribution < 1.29 is 49.8 Å². The lowest BCUT2D eigenvalue weighted by molar-refractivity contribution is -0.388. The molecule has 0 aliphatic heterocycles. The largest absolute Gasteiger partial charge is 0.460 e. The van der Waals surface area contributed by atoms with Crippen molar-refractivity contribution >= 4 is 11.7 Å². The molecule has 1 aromatic heterocycles. The summed E-state index contributed by atoms with van der Waals surface area (Å²) < 4.78 is 113. The third kappa shape index (κ3) is 3.55. The Hall–Kier alpha value is -2.05. The van der Waals surface area contributed by atoms with Crippen molar-refractivity contribution in [2.75, 3.05) is 5.32 Å². The van der Waals surface area contributed by atoms with Gasteiger partial charge in [-0.05, 0) is 24.6 Å². The van der Waals surface area contributed by atoms with E-state index in [1.807, 2.05) is 0 Å². The minimum Gasteiger partial charge on any atom is -0.412 e. The zero-order valence-corrected chi connectivity index (χ0v) is 11.5. The molecule has 1 amide bonds. The van der Waals surface area contributed by atoms with Crippen LogP contribution in [0.15, 0.2) is 18.3 Å². The van der Waals surface area contributed by atoms with Crippen molar-refractivity contribution in [3.05, 3.63) is 23.9 Å². The number of amides is 1. The molecule has 24 heavy (non-hydrogen) atoms. The second kappa shape index (κ2) is 6.45. The number of halogens is 9. The van der Waals surface area contributed by atoms with E-state index in [1.165, 1.54) is 13.0 Å². The van der Waals surface area contributed by atoms with Crippen molar-refractivity contribution in [2.24, 2.45) is 0 Å². The van der Waals surface area contributed by atoms with E-state index in [9.17, 15) is 44.3 Å². The molecule has 0 aliphatic carbocycles. The number of hydrogen-bond acceptors (Lipinski definition) is 2. The zero-order valence-electron chi connectivity index (χ0n) is 11.5. The third-order valence-corrected chi connectivity index (χ3v) is 2.59. The van der Waals surface area contributed by atoms with Gasteiger partial charge in [0.25, 0.3) is 0 Å². The molecule has 0 aliphatic rings. The molecule has 138 valence electrons. The fraction of sp³-hybridized carbons (Fsp3) is 0.455. The van der Waals surface area contributed by atoms with Crippen LogP contribution < -0.4 is 5.32 Å². The Morgan fingerprint density at radius 1 is 1.00 bits per heavy atom. The van der Waals surface area contributed by atoms with Crippen LogP contribution in [0.2, 0.25) is 0 Å². The monoisotopic (exact) mass is 372 g/mol. The third-order valence-electron chi connectivity index (χ3n) is 2.59. The Balaban J connectivity index is 0.00000529. The number of hydrogen-bond donors (Lipinski definition) is 1. The van der Waals surface area contributed by atoms with Crippen LogP contribution in [0.4, 0.5) is 45.3 Å². The summed E-state index contributed by atoms with van der Waals surface area (Å²) in [4.78, 5) is 14.4. The summed E-state index contributed by atoms with van der Waals surface area (Å²) in [7, 11) is 0. The van der Waals surface area contributed by atoms with Gasteiger partial charge in [-0.1, -0.05) is 0 Å². The van der Waals surface area contributed by atoms with Gasteiger partial charge in [0.15, 0.2) is 0 Å². The predicted molar refractivity (Wildman–Crippen MR) is 62.1 cm³/mol. The normalized spacial score (nSPS) is 13.2. The molecule has 1 aromatic rings. The minimum absolute atomic E-state index is 0. The Kier molecular flexibility index (Phi) is 5.90. The van der Waals surface area contributed by atoms with E-state index in [4.69, 9.17) is 0 Å². The van der Waals surface area contributed by atoms with E-state index in [0.717, 1.165) is 17.6 Å². The topological polar surface area (TPSA) is 73.5 Å². The molecule has 0 fully saturated rings. The highest BCUT2D eigenvalue weighted by molar-refractivity contribution is 5.96. The maximum absolute atomic E-state index is 13.2. The molecule has 0 spiro atoms. The number of nitrogens with one attached hydrogen (secondary N) is 1. The predicted octanol–water partition coefficient (Wildman–Crippen LogP) is 2.97. The van der Waals surface area contributed by atoms with Crippen molar-refractivity contribution in [1.29, 1.82) is 0 Å². The molecular formula is C11H9F9N2O2. The Bertz CT molecular complexity index is 601. The second-order valence-electron chi connectivity index (χ2n) is 4.39. The quantitative estimate of drug-likeness (QED) is 0.826. The summed E-state index contributed by atoms with van der Waals surface area (Å²) >= 11 is 0. The first-order valence-corrected chi connectivity index (χ1v) is 5.59. The maximum Gasteiger partial charge on any atom is 0.460 e. The van der Waals surface area contributed by atoms with Crippen LogP contribution in [-0.4, -0.2) is 40.3 Å². The van der Waals surface area contributed by atoms with E-state index in [2.05, 4.69) is 4.98 Å². The van der Waals surface area contributed by atoms with E-state index in [0.29, 0.717) is 5.56 Å². The zero-order chi connectivity index (χ0) is 18.3. The number of anilines is 1. The highest BCUT2D eigenvalue weighted by Gasteiger charge is 2.83. The second-order valence-corrected chi connectivity index (χ2v) is 4.39. The summed E-state index contributed by atoms with van der Waals surface area (Å²) in [5.74, 6) is -24.3. The highest BCUT2D eigenvalue weighted by atomic mass is 19.4. The number of rotatable bonds is 4. The number of aromatic nitrogens is 1. The SMILES string of the molecule is Cc1ccnc(NC(=O)C(F)(F)C(F)(F)C(F)(F)C(F)(F)F)c1.O. The molecule has 1 heterocycles. The first-order chi connectivity index (χ1) is 10.1. The Morgan fingerprint density at radius 3 is 1.92 bits per heavy atom. The molecule has 4 nitrogen and oxygen atoms in total. The maximum atomic E-state index is 13.2. The summed E-state index contributed by atoms with van der Waals surface area (Å²) in [5, 5.41) is 1.07. The van der Waals surface area contributed by atoms with Crippen LogP contribution >= 0.6 is 0 Å². The van der Waals surface area contributed by atoms with Gasteiger partial charge in [-0.25, -0.2) is 4.98 Å². The van der Waals surface area contributed by atoms with Crippen molar-refractivity contribution in [3.8, 4) is 0 Å². The van der Waals surface area contributed by atoms with E-state index < -0.39 is 35.7 Å². The van der Waals surface area contributed by atoms with Gasteiger partial charge in [-0.15, -0.1) is 0 Å². The highest BCUT2D eigenvalue weighted by Crippen LogP contribution is 2.53. The molecule has 0 aromatic carbocycles. The number of nitrogens with zero attached hydrogens (tertiary/aromatic N) is 1. The number of pyridine rings is 1. The average molecular weight is 372 g/mol. The molecule has 1 rings (SSSR count).